The number of esters is 1. The molecule has 2 rings (SSSR count). The van der Waals surface area contributed by atoms with Crippen LogP contribution in [0, 0.1) is 0 Å². The Labute approximate surface area is 107 Å². The molecule has 0 heterocycles. The van der Waals surface area contributed by atoms with Crippen molar-refractivity contribution < 1.29 is 9.53 Å². The van der Waals surface area contributed by atoms with Crippen LogP contribution >= 0.6 is 0 Å². The predicted octanol–water partition coefficient (Wildman–Crippen LogP) is 2.84. The van der Waals surface area contributed by atoms with Crippen LogP contribution in [0.4, 0.5) is 5.69 Å². The molecule has 18 heavy (non-hydrogen) atoms. The average Bonchev–Trinajstić information content (AvgIpc) is 2.38. The summed E-state index contributed by atoms with van der Waals surface area (Å²) >= 11 is 0. The van der Waals surface area contributed by atoms with Crippen molar-refractivity contribution in [2.75, 3.05) is 25.1 Å². The number of fused-ring (bicyclic) bond motifs is 1. The quantitative estimate of drug-likeness (QED) is 0.773. The van der Waals surface area contributed by atoms with Crippen LogP contribution in [0.1, 0.15) is 6.92 Å². The van der Waals surface area contributed by atoms with Gasteiger partial charge in [0.05, 0.1) is 6.61 Å². The lowest BCUT2D eigenvalue weighted by molar-refractivity contribution is -0.141. The fourth-order valence-corrected chi connectivity index (χ4v) is 2.03. The minimum absolute atomic E-state index is 0.201. The molecule has 0 N–H and O–H groups in total. The van der Waals surface area contributed by atoms with Crippen molar-refractivity contribution >= 4 is 22.4 Å². The van der Waals surface area contributed by atoms with E-state index in [1.165, 1.54) is 5.39 Å². The molecule has 3 heteroatoms. The van der Waals surface area contributed by atoms with Gasteiger partial charge in [-0.15, -0.1) is 0 Å². The van der Waals surface area contributed by atoms with E-state index >= 15 is 0 Å². The molecule has 0 atom stereocenters. The maximum atomic E-state index is 11.5. The number of carbonyl (C=O) groups is 1. The van der Waals surface area contributed by atoms with Crippen molar-refractivity contribution in [3.8, 4) is 0 Å². The van der Waals surface area contributed by atoms with Gasteiger partial charge in [-0.1, -0.05) is 36.4 Å². The highest BCUT2D eigenvalue weighted by Crippen LogP contribution is 2.25. The van der Waals surface area contributed by atoms with Crippen LogP contribution in [-0.2, 0) is 9.53 Å². The summed E-state index contributed by atoms with van der Waals surface area (Å²) in [6.07, 6.45) is 0. The zero-order valence-electron chi connectivity index (χ0n) is 10.7. The van der Waals surface area contributed by atoms with Crippen LogP contribution in [0.5, 0.6) is 0 Å². The van der Waals surface area contributed by atoms with Crippen LogP contribution in [-0.4, -0.2) is 26.2 Å². The van der Waals surface area contributed by atoms with Gasteiger partial charge >= 0.3 is 5.97 Å². The summed E-state index contributed by atoms with van der Waals surface area (Å²) < 4.78 is 4.97. The molecule has 3 nitrogen and oxygen atoms in total. The van der Waals surface area contributed by atoms with Gasteiger partial charge in [0.25, 0.3) is 0 Å². The highest BCUT2D eigenvalue weighted by molar-refractivity contribution is 5.95. The first kappa shape index (κ1) is 12.4. The van der Waals surface area contributed by atoms with Crippen LogP contribution in [0.3, 0.4) is 0 Å². The van der Waals surface area contributed by atoms with Crippen LogP contribution in [0.25, 0.3) is 10.8 Å². The summed E-state index contributed by atoms with van der Waals surface area (Å²) in [5.74, 6) is -0.201. The Bertz CT molecular complexity index is 546. The first-order chi connectivity index (χ1) is 8.72. The topological polar surface area (TPSA) is 29.5 Å². The second-order valence-corrected chi connectivity index (χ2v) is 4.16. The van der Waals surface area contributed by atoms with Crippen LogP contribution in [0.15, 0.2) is 42.5 Å². The molecular weight excluding hydrogens is 226 g/mol. The monoisotopic (exact) mass is 243 g/mol. The number of likely N-dealkylation sites (N-methyl/N-ethyl adjacent to an activating group) is 1. The average molecular weight is 243 g/mol. The summed E-state index contributed by atoms with van der Waals surface area (Å²) in [4.78, 5) is 13.4. The van der Waals surface area contributed by atoms with Gasteiger partial charge in [-0.05, 0) is 18.4 Å². The molecule has 94 valence electrons. The third-order valence-corrected chi connectivity index (χ3v) is 2.85. The van der Waals surface area contributed by atoms with Gasteiger partial charge in [-0.25, -0.2) is 0 Å². The van der Waals surface area contributed by atoms with Gasteiger partial charge in [0.2, 0.25) is 0 Å². The molecule has 2 aromatic carbocycles. The van der Waals surface area contributed by atoms with Crippen LogP contribution in [0.2, 0.25) is 0 Å². The van der Waals surface area contributed by atoms with Crippen molar-refractivity contribution in [2.24, 2.45) is 0 Å². The molecule has 0 aliphatic carbocycles. The van der Waals surface area contributed by atoms with E-state index in [0.29, 0.717) is 6.61 Å². The van der Waals surface area contributed by atoms with Crippen LogP contribution < -0.4 is 4.90 Å². The smallest absolute Gasteiger partial charge is 0.325 e. The Morgan fingerprint density at radius 1 is 1.17 bits per heavy atom. The van der Waals surface area contributed by atoms with E-state index in [1.807, 2.05) is 43.1 Å². The molecule has 0 spiro atoms. The predicted molar refractivity (Wildman–Crippen MR) is 73.9 cm³/mol. The molecular formula is C15H17NO2. The second kappa shape index (κ2) is 5.54. The second-order valence-electron chi connectivity index (χ2n) is 4.16. The van der Waals surface area contributed by atoms with Gasteiger partial charge in [0.15, 0.2) is 0 Å². The molecule has 0 radical (unpaired) electrons. The standard InChI is InChI=1S/C15H17NO2/c1-3-18-15(17)11-16(2)14-10-6-8-12-7-4-5-9-13(12)14/h4-10H,3,11H2,1-2H3. The summed E-state index contributed by atoms with van der Waals surface area (Å²) in [5, 5.41) is 2.32. The molecule has 2 aromatic rings. The maximum Gasteiger partial charge on any atom is 0.325 e. The molecule has 0 fully saturated rings. The van der Waals surface area contributed by atoms with E-state index in [0.717, 1.165) is 11.1 Å². The molecule has 0 amide bonds. The molecule has 0 aliphatic rings. The molecule has 0 aromatic heterocycles. The number of rotatable bonds is 4. The number of benzene rings is 2. The lowest BCUT2D eigenvalue weighted by Crippen LogP contribution is -2.27. The van der Waals surface area contributed by atoms with E-state index in [2.05, 4.69) is 18.2 Å². The Morgan fingerprint density at radius 3 is 2.67 bits per heavy atom. The molecule has 0 saturated heterocycles. The lowest BCUT2D eigenvalue weighted by Gasteiger charge is -2.20. The van der Waals surface area contributed by atoms with Crippen molar-refractivity contribution in [1.82, 2.24) is 0 Å². The fourth-order valence-electron chi connectivity index (χ4n) is 2.03. The molecule has 0 saturated carbocycles. The Morgan fingerprint density at radius 2 is 1.89 bits per heavy atom. The zero-order chi connectivity index (χ0) is 13.0. The Balaban J connectivity index is 2.27. The van der Waals surface area contributed by atoms with Crippen molar-refractivity contribution in [1.29, 1.82) is 0 Å². The number of ether oxygens (including phenoxy) is 1. The van der Waals surface area contributed by atoms with Gasteiger partial charge in [0, 0.05) is 18.1 Å². The summed E-state index contributed by atoms with van der Waals surface area (Å²) in [6, 6.07) is 14.2. The lowest BCUT2D eigenvalue weighted by atomic mass is 10.1. The first-order valence-corrected chi connectivity index (χ1v) is 6.07. The number of hydrogen-bond donors (Lipinski definition) is 0. The SMILES string of the molecule is CCOC(=O)CN(C)c1cccc2ccccc12. The largest absolute Gasteiger partial charge is 0.465 e. The number of carbonyl (C=O) groups excluding carboxylic acids is 1. The first-order valence-electron chi connectivity index (χ1n) is 6.07. The third kappa shape index (κ3) is 2.62. The summed E-state index contributed by atoms with van der Waals surface area (Å²) in [5.41, 5.74) is 1.04. The Hall–Kier alpha value is -2.03. The highest BCUT2D eigenvalue weighted by Gasteiger charge is 2.10. The number of anilines is 1. The molecule has 0 aliphatic heterocycles. The van der Waals surface area contributed by atoms with E-state index in [1.54, 1.807) is 0 Å². The van der Waals surface area contributed by atoms with Gasteiger partial charge in [-0.2, -0.15) is 0 Å². The van der Waals surface area contributed by atoms with E-state index in [4.69, 9.17) is 4.74 Å². The Kier molecular flexibility index (Phi) is 3.82. The van der Waals surface area contributed by atoms with Crippen molar-refractivity contribution in [2.45, 2.75) is 6.92 Å². The number of hydrogen-bond acceptors (Lipinski definition) is 3. The highest BCUT2D eigenvalue weighted by atomic mass is 16.5. The van der Waals surface area contributed by atoms with Gasteiger partial charge in [0.1, 0.15) is 6.54 Å². The minimum atomic E-state index is -0.201. The molecule has 0 bridgehead atoms. The van der Waals surface area contributed by atoms with Crippen molar-refractivity contribution in [3.05, 3.63) is 42.5 Å². The fraction of sp³-hybridized carbons (Fsp3) is 0.267. The van der Waals surface area contributed by atoms with E-state index in [-0.39, 0.29) is 12.5 Å². The van der Waals surface area contributed by atoms with Gasteiger partial charge < -0.3 is 9.64 Å². The molecule has 0 unspecified atom stereocenters. The van der Waals surface area contributed by atoms with E-state index < -0.39 is 0 Å². The summed E-state index contributed by atoms with van der Waals surface area (Å²) in [6.45, 7) is 2.50. The van der Waals surface area contributed by atoms with Gasteiger partial charge in [-0.3, -0.25) is 4.79 Å². The minimum Gasteiger partial charge on any atom is -0.465 e. The van der Waals surface area contributed by atoms with E-state index in [9.17, 15) is 4.79 Å². The normalized spacial score (nSPS) is 10.3. The number of nitrogens with zero attached hydrogens (tertiary/aromatic N) is 1. The zero-order valence-corrected chi connectivity index (χ0v) is 10.7. The third-order valence-electron chi connectivity index (χ3n) is 2.85. The summed E-state index contributed by atoms with van der Waals surface area (Å²) in [7, 11) is 1.90. The maximum absolute atomic E-state index is 11.5. The van der Waals surface area contributed by atoms with Crippen molar-refractivity contribution in [3.63, 3.8) is 0 Å².